The van der Waals surface area contributed by atoms with Crippen molar-refractivity contribution < 1.29 is 14.3 Å². The van der Waals surface area contributed by atoms with Crippen LogP contribution in [0, 0.1) is 5.92 Å². The number of nitrogens with two attached hydrogens (primary N) is 1. The number of amides is 1. The largest absolute Gasteiger partial charge is 0.497 e. The molecule has 0 radical (unpaired) electrons. The number of carbonyl (C=O) groups is 2. The van der Waals surface area contributed by atoms with Gasteiger partial charge in [-0.1, -0.05) is 12.1 Å². The lowest BCUT2D eigenvalue weighted by molar-refractivity contribution is -0.123. The Kier molecular flexibility index (Phi) is 4.74. The molecular formula is C15H20N2O3. The number of methoxy groups -OCH3 is 1. The fraction of sp³-hybridized carbons (Fsp3) is 0.467. The van der Waals surface area contributed by atoms with Crippen LogP contribution in [0.3, 0.4) is 0 Å². The Morgan fingerprint density at radius 2 is 2.25 bits per heavy atom. The van der Waals surface area contributed by atoms with E-state index >= 15 is 0 Å². The van der Waals surface area contributed by atoms with E-state index in [0.717, 1.165) is 19.4 Å². The molecule has 1 aromatic carbocycles. The van der Waals surface area contributed by atoms with Crippen LogP contribution in [0.5, 0.6) is 5.75 Å². The molecule has 1 amide bonds. The zero-order valence-electron chi connectivity index (χ0n) is 11.7. The molecule has 0 aliphatic carbocycles. The van der Waals surface area contributed by atoms with Crippen LogP contribution in [0.1, 0.15) is 23.2 Å². The Labute approximate surface area is 118 Å². The van der Waals surface area contributed by atoms with Crippen LogP contribution in [-0.4, -0.2) is 43.3 Å². The smallest absolute Gasteiger partial charge is 0.221 e. The van der Waals surface area contributed by atoms with Gasteiger partial charge in [0, 0.05) is 12.1 Å². The Morgan fingerprint density at radius 1 is 1.45 bits per heavy atom. The van der Waals surface area contributed by atoms with Gasteiger partial charge in [-0.15, -0.1) is 0 Å². The topological polar surface area (TPSA) is 72.6 Å². The number of nitrogens with zero attached hydrogens (tertiary/aromatic N) is 1. The molecule has 20 heavy (non-hydrogen) atoms. The molecule has 0 spiro atoms. The van der Waals surface area contributed by atoms with E-state index in [9.17, 15) is 9.59 Å². The molecule has 1 aliphatic heterocycles. The van der Waals surface area contributed by atoms with Crippen molar-refractivity contribution >= 4 is 11.7 Å². The average Bonchev–Trinajstić information content (AvgIpc) is 2.47. The molecule has 5 nitrogen and oxygen atoms in total. The third-order valence-electron chi connectivity index (χ3n) is 3.67. The van der Waals surface area contributed by atoms with Crippen LogP contribution in [-0.2, 0) is 4.79 Å². The number of Topliss-reactive ketones (excluding diaryl/α,β-unsaturated/α-hetero) is 1. The molecule has 5 heteroatoms. The molecule has 1 fully saturated rings. The number of ether oxygens (including phenoxy) is 1. The minimum atomic E-state index is -0.275. The van der Waals surface area contributed by atoms with Gasteiger partial charge in [0.2, 0.25) is 5.91 Å². The van der Waals surface area contributed by atoms with E-state index in [-0.39, 0.29) is 17.6 Å². The summed E-state index contributed by atoms with van der Waals surface area (Å²) in [5.41, 5.74) is 5.97. The summed E-state index contributed by atoms with van der Waals surface area (Å²) in [6, 6.07) is 7.12. The van der Waals surface area contributed by atoms with Crippen molar-refractivity contribution in [1.29, 1.82) is 0 Å². The molecule has 108 valence electrons. The van der Waals surface area contributed by atoms with Gasteiger partial charge in [0.25, 0.3) is 0 Å². The summed E-state index contributed by atoms with van der Waals surface area (Å²) in [6.45, 7) is 1.72. The van der Waals surface area contributed by atoms with Crippen molar-refractivity contribution in [3.63, 3.8) is 0 Å². The monoisotopic (exact) mass is 276 g/mol. The summed E-state index contributed by atoms with van der Waals surface area (Å²) in [4.78, 5) is 25.5. The minimum Gasteiger partial charge on any atom is -0.497 e. The van der Waals surface area contributed by atoms with Crippen molar-refractivity contribution in [1.82, 2.24) is 4.90 Å². The van der Waals surface area contributed by atoms with Crippen molar-refractivity contribution in [3.8, 4) is 5.75 Å². The van der Waals surface area contributed by atoms with Crippen molar-refractivity contribution in [3.05, 3.63) is 29.8 Å². The Balaban J connectivity index is 1.98. The third kappa shape index (κ3) is 3.57. The van der Waals surface area contributed by atoms with Gasteiger partial charge in [-0.2, -0.15) is 0 Å². The number of rotatable bonds is 5. The van der Waals surface area contributed by atoms with Crippen LogP contribution in [0.4, 0.5) is 0 Å². The Bertz CT molecular complexity index is 502. The number of ketones is 1. The number of likely N-dealkylation sites (tertiary alicyclic amines) is 1. The average molecular weight is 276 g/mol. The van der Waals surface area contributed by atoms with Gasteiger partial charge in [-0.05, 0) is 31.5 Å². The Hall–Kier alpha value is -1.88. The molecule has 2 rings (SSSR count). The highest BCUT2D eigenvalue weighted by atomic mass is 16.5. The molecule has 0 saturated carbocycles. The van der Waals surface area contributed by atoms with Crippen LogP contribution >= 0.6 is 0 Å². The van der Waals surface area contributed by atoms with Crippen molar-refractivity contribution in [2.45, 2.75) is 12.8 Å². The summed E-state index contributed by atoms with van der Waals surface area (Å²) in [7, 11) is 1.58. The van der Waals surface area contributed by atoms with E-state index in [2.05, 4.69) is 0 Å². The molecule has 1 unspecified atom stereocenters. The standard InChI is InChI=1S/C15H20N2O3/c1-20-13-6-2-4-11(8-13)14(18)10-17-7-3-5-12(9-17)15(16)19/h2,4,6,8,12H,3,5,7,9-10H2,1H3,(H2,16,19). The van der Waals surface area contributed by atoms with Crippen LogP contribution < -0.4 is 10.5 Å². The van der Waals surface area contributed by atoms with E-state index in [1.54, 1.807) is 31.4 Å². The number of hydrogen-bond donors (Lipinski definition) is 1. The normalized spacial score (nSPS) is 19.6. The van der Waals surface area contributed by atoms with E-state index in [1.807, 2.05) is 4.90 Å². The lowest BCUT2D eigenvalue weighted by atomic mass is 9.97. The first-order chi connectivity index (χ1) is 9.60. The van der Waals surface area contributed by atoms with Crippen LogP contribution in [0.15, 0.2) is 24.3 Å². The van der Waals surface area contributed by atoms with E-state index < -0.39 is 0 Å². The van der Waals surface area contributed by atoms with Crippen LogP contribution in [0.2, 0.25) is 0 Å². The molecule has 1 aliphatic rings. The molecule has 1 heterocycles. The second-order valence-electron chi connectivity index (χ2n) is 5.13. The van der Waals surface area contributed by atoms with E-state index in [4.69, 9.17) is 10.5 Å². The fourth-order valence-corrected chi connectivity index (χ4v) is 2.52. The number of piperidine rings is 1. The molecule has 0 bridgehead atoms. The summed E-state index contributed by atoms with van der Waals surface area (Å²) in [6.07, 6.45) is 1.72. The zero-order chi connectivity index (χ0) is 14.5. The second kappa shape index (κ2) is 6.52. The maximum Gasteiger partial charge on any atom is 0.221 e. The van der Waals surface area contributed by atoms with Gasteiger partial charge < -0.3 is 10.5 Å². The summed E-state index contributed by atoms with van der Waals surface area (Å²) < 4.78 is 5.12. The molecule has 0 aromatic heterocycles. The highest BCUT2D eigenvalue weighted by Gasteiger charge is 2.25. The lowest BCUT2D eigenvalue weighted by Crippen LogP contribution is -2.43. The zero-order valence-corrected chi connectivity index (χ0v) is 11.7. The predicted molar refractivity (Wildman–Crippen MR) is 75.7 cm³/mol. The van der Waals surface area contributed by atoms with Gasteiger partial charge in [0.15, 0.2) is 5.78 Å². The van der Waals surface area contributed by atoms with Gasteiger partial charge in [-0.25, -0.2) is 0 Å². The Morgan fingerprint density at radius 3 is 2.95 bits per heavy atom. The highest BCUT2D eigenvalue weighted by Crippen LogP contribution is 2.18. The molecule has 2 N–H and O–H groups in total. The first-order valence-corrected chi connectivity index (χ1v) is 6.79. The van der Waals surface area contributed by atoms with Gasteiger partial charge >= 0.3 is 0 Å². The van der Waals surface area contributed by atoms with Gasteiger partial charge in [0.05, 0.1) is 19.6 Å². The number of hydrogen-bond acceptors (Lipinski definition) is 4. The second-order valence-corrected chi connectivity index (χ2v) is 5.13. The predicted octanol–water partition coefficient (Wildman–Crippen LogP) is 1.08. The molecule has 1 aromatic rings. The number of carbonyl (C=O) groups excluding carboxylic acids is 2. The first-order valence-electron chi connectivity index (χ1n) is 6.79. The van der Waals surface area contributed by atoms with Crippen molar-refractivity contribution in [2.24, 2.45) is 11.7 Å². The summed E-state index contributed by atoms with van der Waals surface area (Å²) >= 11 is 0. The first kappa shape index (κ1) is 14.5. The van der Waals surface area contributed by atoms with Gasteiger partial charge in [0.1, 0.15) is 5.75 Å². The SMILES string of the molecule is COc1cccc(C(=O)CN2CCCC(C(N)=O)C2)c1. The third-order valence-corrected chi connectivity index (χ3v) is 3.67. The summed E-state index contributed by atoms with van der Waals surface area (Å²) in [5, 5.41) is 0. The lowest BCUT2D eigenvalue weighted by Gasteiger charge is -2.30. The molecular weight excluding hydrogens is 256 g/mol. The minimum absolute atomic E-state index is 0.0361. The number of benzene rings is 1. The molecule has 1 saturated heterocycles. The molecule has 1 atom stereocenters. The van der Waals surface area contributed by atoms with Crippen molar-refractivity contribution in [2.75, 3.05) is 26.7 Å². The highest BCUT2D eigenvalue weighted by molar-refractivity contribution is 5.98. The van der Waals surface area contributed by atoms with Gasteiger partial charge in [-0.3, -0.25) is 14.5 Å². The maximum absolute atomic E-state index is 12.2. The van der Waals surface area contributed by atoms with E-state index in [1.165, 1.54) is 0 Å². The maximum atomic E-state index is 12.2. The van der Waals surface area contributed by atoms with Crippen LogP contribution in [0.25, 0.3) is 0 Å². The number of primary amides is 1. The van der Waals surface area contributed by atoms with E-state index in [0.29, 0.717) is 24.4 Å². The summed E-state index contributed by atoms with van der Waals surface area (Å²) in [5.74, 6) is 0.295. The fourth-order valence-electron chi connectivity index (χ4n) is 2.52. The quantitative estimate of drug-likeness (QED) is 0.817.